The fraction of sp³-hybridized carbons (Fsp3) is 0.200. The minimum Gasteiger partial charge on any atom is -0.454 e. The minimum atomic E-state index is -0.162. The highest BCUT2D eigenvalue weighted by Gasteiger charge is 2.15. The molecule has 1 aromatic carbocycles. The number of hydrogen-bond donors (Lipinski definition) is 1. The summed E-state index contributed by atoms with van der Waals surface area (Å²) < 4.78 is 15.9. The van der Waals surface area contributed by atoms with E-state index < -0.39 is 0 Å². The first-order chi connectivity index (χ1) is 10.3. The van der Waals surface area contributed by atoms with Crippen molar-refractivity contribution in [1.82, 2.24) is 10.5 Å². The molecule has 0 atom stereocenters. The lowest BCUT2D eigenvalue weighted by Crippen LogP contribution is -2.20. The van der Waals surface area contributed by atoms with Crippen molar-refractivity contribution in [2.24, 2.45) is 0 Å². The average molecular weight is 286 g/mol. The first kappa shape index (κ1) is 13.2. The van der Waals surface area contributed by atoms with Gasteiger partial charge in [0.25, 0.3) is 0 Å². The summed E-state index contributed by atoms with van der Waals surface area (Å²) >= 11 is 0. The predicted octanol–water partition coefficient (Wildman–Crippen LogP) is 2.26. The van der Waals surface area contributed by atoms with Crippen molar-refractivity contribution in [2.75, 3.05) is 6.79 Å². The van der Waals surface area contributed by atoms with Gasteiger partial charge in [-0.1, -0.05) is 11.2 Å². The Labute approximate surface area is 121 Å². The maximum atomic E-state index is 11.3. The molecule has 21 heavy (non-hydrogen) atoms. The number of benzene rings is 1. The largest absolute Gasteiger partial charge is 0.454 e. The second kappa shape index (κ2) is 5.70. The number of amides is 1. The monoisotopic (exact) mass is 286 g/mol. The number of aromatic nitrogens is 1. The highest BCUT2D eigenvalue weighted by atomic mass is 16.7. The third kappa shape index (κ3) is 2.89. The van der Waals surface area contributed by atoms with E-state index in [9.17, 15) is 4.79 Å². The Kier molecular flexibility index (Phi) is 3.59. The summed E-state index contributed by atoms with van der Waals surface area (Å²) in [5.74, 6) is 1.86. The zero-order chi connectivity index (χ0) is 14.7. The zero-order valence-corrected chi connectivity index (χ0v) is 11.5. The van der Waals surface area contributed by atoms with Crippen molar-refractivity contribution >= 4 is 5.91 Å². The van der Waals surface area contributed by atoms with E-state index in [0.717, 1.165) is 11.3 Å². The Morgan fingerprint density at radius 3 is 3.05 bits per heavy atom. The summed E-state index contributed by atoms with van der Waals surface area (Å²) in [6.07, 6.45) is 3.13. The van der Waals surface area contributed by atoms with Gasteiger partial charge in [0, 0.05) is 11.6 Å². The van der Waals surface area contributed by atoms with Crippen molar-refractivity contribution in [3.63, 3.8) is 0 Å². The Bertz CT molecular complexity index is 691. The highest BCUT2D eigenvalue weighted by molar-refractivity contribution is 5.87. The van der Waals surface area contributed by atoms with Crippen LogP contribution in [0.4, 0.5) is 0 Å². The SMILES string of the molecule is C/C=C\C(=O)NCc1cc(-c2ccc3c(c2)OCO3)on1. The van der Waals surface area contributed by atoms with Crippen LogP contribution in [0, 0.1) is 0 Å². The normalized spacial score (nSPS) is 12.8. The van der Waals surface area contributed by atoms with Crippen molar-refractivity contribution in [3.8, 4) is 22.8 Å². The summed E-state index contributed by atoms with van der Waals surface area (Å²) in [6.45, 7) is 2.34. The van der Waals surface area contributed by atoms with E-state index in [1.807, 2.05) is 18.2 Å². The molecule has 6 nitrogen and oxygen atoms in total. The van der Waals surface area contributed by atoms with Gasteiger partial charge >= 0.3 is 0 Å². The first-order valence-electron chi connectivity index (χ1n) is 6.52. The van der Waals surface area contributed by atoms with E-state index in [1.54, 1.807) is 19.1 Å². The molecule has 0 saturated heterocycles. The molecule has 6 heteroatoms. The van der Waals surface area contributed by atoms with E-state index in [4.69, 9.17) is 14.0 Å². The van der Waals surface area contributed by atoms with Crippen LogP contribution in [0.3, 0.4) is 0 Å². The summed E-state index contributed by atoms with van der Waals surface area (Å²) in [7, 11) is 0. The van der Waals surface area contributed by atoms with Crippen molar-refractivity contribution in [2.45, 2.75) is 13.5 Å². The molecule has 2 heterocycles. The third-order valence-corrected chi connectivity index (χ3v) is 2.98. The summed E-state index contributed by atoms with van der Waals surface area (Å²) in [5, 5.41) is 6.65. The number of allylic oxidation sites excluding steroid dienone is 1. The number of carbonyl (C=O) groups excluding carboxylic acids is 1. The van der Waals surface area contributed by atoms with Gasteiger partial charge in [-0.05, 0) is 31.2 Å². The molecule has 1 amide bonds. The van der Waals surface area contributed by atoms with Gasteiger partial charge < -0.3 is 19.3 Å². The molecule has 0 bridgehead atoms. The van der Waals surface area contributed by atoms with Crippen LogP contribution in [0.1, 0.15) is 12.6 Å². The molecule has 0 fully saturated rings. The van der Waals surface area contributed by atoms with E-state index in [0.29, 0.717) is 23.7 Å². The van der Waals surface area contributed by atoms with Gasteiger partial charge in [-0.2, -0.15) is 0 Å². The second-order valence-electron chi connectivity index (χ2n) is 4.47. The zero-order valence-electron chi connectivity index (χ0n) is 11.5. The number of fused-ring (bicyclic) bond motifs is 1. The van der Waals surface area contributed by atoms with E-state index in [2.05, 4.69) is 10.5 Å². The van der Waals surface area contributed by atoms with E-state index in [-0.39, 0.29) is 12.7 Å². The summed E-state index contributed by atoms with van der Waals surface area (Å²) in [5.41, 5.74) is 1.50. The lowest BCUT2D eigenvalue weighted by molar-refractivity contribution is -0.116. The van der Waals surface area contributed by atoms with Crippen LogP contribution in [0.15, 0.2) is 40.9 Å². The molecule has 0 spiro atoms. The van der Waals surface area contributed by atoms with Gasteiger partial charge in [-0.3, -0.25) is 4.79 Å². The molecule has 0 unspecified atom stereocenters. The molecule has 0 radical (unpaired) electrons. The number of nitrogens with zero attached hydrogens (tertiary/aromatic N) is 1. The smallest absolute Gasteiger partial charge is 0.243 e. The van der Waals surface area contributed by atoms with Gasteiger partial charge in [-0.25, -0.2) is 0 Å². The Morgan fingerprint density at radius 2 is 2.19 bits per heavy atom. The molecular formula is C15H14N2O4. The average Bonchev–Trinajstić information content (AvgIpc) is 3.13. The highest BCUT2D eigenvalue weighted by Crippen LogP contribution is 2.35. The molecule has 1 N–H and O–H groups in total. The van der Waals surface area contributed by atoms with Crippen LogP contribution in [0.25, 0.3) is 11.3 Å². The van der Waals surface area contributed by atoms with Crippen LogP contribution >= 0.6 is 0 Å². The van der Waals surface area contributed by atoms with Crippen molar-refractivity contribution in [3.05, 3.63) is 42.1 Å². The van der Waals surface area contributed by atoms with Gasteiger partial charge in [-0.15, -0.1) is 0 Å². The lowest BCUT2D eigenvalue weighted by Gasteiger charge is -1.98. The van der Waals surface area contributed by atoms with Crippen LogP contribution < -0.4 is 14.8 Å². The molecule has 108 valence electrons. The van der Waals surface area contributed by atoms with Crippen LogP contribution in [-0.2, 0) is 11.3 Å². The molecule has 3 rings (SSSR count). The molecule has 1 aliphatic heterocycles. The van der Waals surface area contributed by atoms with Crippen molar-refractivity contribution < 1.29 is 18.8 Å². The Morgan fingerprint density at radius 1 is 1.33 bits per heavy atom. The fourth-order valence-corrected chi connectivity index (χ4v) is 1.97. The first-order valence-corrected chi connectivity index (χ1v) is 6.52. The fourth-order valence-electron chi connectivity index (χ4n) is 1.97. The predicted molar refractivity (Wildman–Crippen MR) is 74.7 cm³/mol. The molecule has 0 aliphatic carbocycles. The van der Waals surface area contributed by atoms with Gasteiger partial charge in [0.1, 0.15) is 5.69 Å². The summed E-state index contributed by atoms with van der Waals surface area (Å²) in [4.78, 5) is 11.3. The standard InChI is InChI=1S/C15H14N2O4/c1-2-3-15(18)16-8-11-7-13(21-17-11)10-4-5-12-14(6-10)20-9-19-12/h2-7H,8-9H2,1H3,(H,16,18)/b3-2-. The van der Waals surface area contributed by atoms with Gasteiger partial charge in [0.15, 0.2) is 17.3 Å². The quantitative estimate of drug-likeness (QED) is 0.873. The minimum absolute atomic E-state index is 0.162. The number of rotatable bonds is 4. The number of carbonyl (C=O) groups is 1. The molecule has 0 saturated carbocycles. The number of hydrogen-bond acceptors (Lipinski definition) is 5. The Hall–Kier alpha value is -2.76. The van der Waals surface area contributed by atoms with Crippen LogP contribution in [0.5, 0.6) is 11.5 Å². The molecule has 1 aliphatic rings. The Balaban J connectivity index is 1.71. The number of ether oxygens (including phenoxy) is 2. The van der Waals surface area contributed by atoms with Crippen LogP contribution in [0.2, 0.25) is 0 Å². The second-order valence-corrected chi connectivity index (χ2v) is 4.47. The van der Waals surface area contributed by atoms with E-state index >= 15 is 0 Å². The van der Waals surface area contributed by atoms with Crippen molar-refractivity contribution in [1.29, 1.82) is 0 Å². The summed E-state index contributed by atoms with van der Waals surface area (Å²) in [6, 6.07) is 7.32. The van der Waals surface area contributed by atoms with E-state index in [1.165, 1.54) is 6.08 Å². The third-order valence-electron chi connectivity index (χ3n) is 2.98. The van der Waals surface area contributed by atoms with Gasteiger partial charge in [0.2, 0.25) is 12.7 Å². The number of nitrogens with one attached hydrogen (secondary N) is 1. The molecule has 1 aromatic heterocycles. The molecular weight excluding hydrogens is 272 g/mol. The van der Waals surface area contributed by atoms with Gasteiger partial charge in [0.05, 0.1) is 6.54 Å². The topological polar surface area (TPSA) is 73.6 Å². The maximum Gasteiger partial charge on any atom is 0.243 e. The lowest BCUT2D eigenvalue weighted by atomic mass is 10.1. The molecule has 2 aromatic rings. The van der Waals surface area contributed by atoms with Crippen LogP contribution in [-0.4, -0.2) is 17.9 Å². The maximum absolute atomic E-state index is 11.3.